The molecule has 1 atom stereocenters. The maximum Gasteiger partial charge on any atom is 0.417 e. The fourth-order valence-corrected chi connectivity index (χ4v) is 3.98. The van der Waals surface area contributed by atoms with Gasteiger partial charge in [0.2, 0.25) is 0 Å². The molecule has 3 aromatic rings. The van der Waals surface area contributed by atoms with Gasteiger partial charge in [-0.15, -0.1) is 0 Å². The number of fused-ring (bicyclic) bond motifs is 1. The van der Waals surface area contributed by atoms with Crippen LogP contribution < -0.4 is 4.74 Å². The first-order valence-electron chi connectivity index (χ1n) is 9.54. The molecular weight excluding hydrogens is 380 g/mol. The van der Waals surface area contributed by atoms with E-state index in [-0.39, 0.29) is 29.4 Å². The maximum absolute atomic E-state index is 14.9. The molecule has 3 aromatic carbocycles. The molecule has 0 saturated heterocycles. The van der Waals surface area contributed by atoms with Gasteiger partial charge < -0.3 is 4.74 Å². The number of alkyl halides is 3. The molecule has 1 nitrogen and oxygen atoms in total. The Hall–Kier alpha value is -2.82. The van der Waals surface area contributed by atoms with Gasteiger partial charge in [0.25, 0.3) is 0 Å². The number of rotatable bonds is 4. The molecular formula is C24H20F4O. The Balaban J connectivity index is 1.72. The van der Waals surface area contributed by atoms with Gasteiger partial charge in [-0.3, -0.25) is 0 Å². The van der Waals surface area contributed by atoms with E-state index < -0.39 is 17.6 Å². The third-order valence-electron chi connectivity index (χ3n) is 5.47. The summed E-state index contributed by atoms with van der Waals surface area (Å²) in [6, 6.07) is 16.1. The summed E-state index contributed by atoms with van der Waals surface area (Å²) in [5.74, 6) is -0.263. The minimum atomic E-state index is -4.55. The molecule has 0 amide bonds. The number of ether oxygens (including phenoxy) is 1. The number of halogens is 4. The molecule has 0 bridgehead atoms. The molecule has 0 spiro atoms. The zero-order valence-electron chi connectivity index (χ0n) is 15.9. The first-order valence-corrected chi connectivity index (χ1v) is 9.54. The van der Waals surface area contributed by atoms with Gasteiger partial charge in [-0.05, 0) is 53.6 Å². The van der Waals surface area contributed by atoms with E-state index >= 15 is 0 Å². The summed E-state index contributed by atoms with van der Waals surface area (Å²) < 4.78 is 61.6. The summed E-state index contributed by atoms with van der Waals surface area (Å²) >= 11 is 0. The predicted molar refractivity (Wildman–Crippen MR) is 104 cm³/mol. The summed E-state index contributed by atoms with van der Waals surface area (Å²) in [6.45, 7) is 2.24. The lowest BCUT2D eigenvalue weighted by Crippen LogP contribution is -2.10. The largest absolute Gasteiger partial charge is 0.489 e. The van der Waals surface area contributed by atoms with Gasteiger partial charge in [0.05, 0.1) is 5.56 Å². The van der Waals surface area contributed by atoms with Crippen molar-refractivity contribution in [3.8, 4) is 16.9 Å². The lowest BCUT2D eigenvalue weighted by atomic mass is 9.90. The van der Waals surface area contributed by atoms with Crippen molar-refractivity contribution in [1.82, 2.24) is 0 Å². The fourth-order valence-electron chi connectivity index (χ4n) is 3.98. The molecule has 0 saturated carbocycles. The Morgan fingerprint density at radius 3 is 2.45 bits per heavy atom. The molecule has 5 heteroatoms. The average molecular weight is 400 g/mol. The number of hydrogen-bond acceptors (Lipinski definition) is 1. The smallest absolute Gasteiger partial charge is 0.417 e. The van der Waals surface area contributed by atoms with Crippen LogP contribution in [0.1, 0.15) is 41.5 Å². The van der Waals surface area contributed by atoms with Crippen molar-refractivity contribution >= 4 is 0 Å². The van der Waals surface area contributed by atoms with Crippen molar-refractivity contribution in [3.63, 3.8) is 0 Å². The van der Waals surface area contributed by atoms with Gasteiger partial charge in [0.1, 0.15) is 18.2 Å². The lowest BCUT2D eigenvalue weighted by Gasteiger charge is -2.19. The molecule has 1 aliphatic carbocycles. The summed E-state index contributed by atoms with van der Waals surface area (Å²) in [6.07, 6.45) is -3.27. The quantitative estimate of drug-likeness (QED) is 0.423. The first-order chi connectivity index (χ1) is 13.8. The van der Waals surface area contributed by atoms with Gasteiger partial charge in [0.15, 0.2) is 0 Å². The van der Waals surface area contributed by atoms with Gasteiger partial charge >= 0.3 is 6.18 Å². The van der Waals surface area contributed by atoms with Gasteiger partial charge in [-0.2, -0.15) is 13.2 Å². The molecule has 4 rings (SSSR count). The fraction of sp³-hybridized carbons (Fsp3) is 0.250. The zero-order valence-corrected chi connectivity index (χ0v) is 15.9. The van der Waals surface area contributed by atoms with E-state index in [4.69, 9.17) is 4.74 Å². The van der Waals surface area contributed by atoms with Gasteiger partial charge in [0, 0.05) is 17.2 Å². The topological polar surface area (TPSA) is 9.23 Å². The third kappa shape index (κ3) is 3.86. The number of hydrogen-bond donors (Lipinski definition) is 0. The van der Waals surface area contributed by atoms with Crippen molar-refractivity contribution < 1.29 is 22.3 Å². The maximum atomic E-state index is 14.9. The first kappa shape index (κ1) is 19.5. The molecule has 0 N–H and O–H groups in total. The van der Waals surface area contributed by atoms with Crippen LogP contribution in [0.4, 0.5) is 17.6 Å². The van der Waals surface area contributed by atoms with E-state index in [1.54, 1.807) is 0 Å². The van der Waals surface area contributed by atoms with Crippen LogP contribution >= 0.6 is 0 Å². The standard InChI is InChI=1S/C24H20F4O/c1-15-7-9-19-18(15)11-12-21(24(26,27)28)23(19)20-10-8-17(13-22(20)25)29-14-16-5-3-2-4-6-16/h2-6,8,10-13,15H,7,9,14H2,1H3. The van der Waals surface area contributed by atoms with Crippen molar-refractivity contribution in [2.45, 2.75) is 38.5 Å². The summed E-state index contributed by atoms with van der Waals surface area (Å²) in [7, 11) is 0. The Kier molecular flexibility index (Phi) is 5.07. The van der Waals surface area contributed by atoms with Crippen LogP contribution in [0.2, 0.25) is 0 Å². The van der Waals surface area contributed by atoms with Crippen LogP contribution in [0.5, 0.6) is 5.75 Å². The second-order valence-electron chi connectivity index (χ2n) is 7.41. The van der Waals surface area contributed by atoms with Crippen LogP contribution in [0.3, 0.4) is 0 Å². The van der Waals surface area contributed by atoms with E-state index in [1.807, 2.05) is 37.3 Å². The normalized spacial score (nSPS) is 16.0. The highest BCUT2D eigenvalue weighted by molar-refractivity contribution is 5.75. The predicted octanol–water partition coefficient (Wildman–Crippen LogP) is 7.14. The van der Waals surface area contributed by atoms with Crippen LogP contribution in [0.15, 0.2) is 60.7 Å². The van der Waals surface area contributed by atoms with Crippen LogP contribution in [-0.2, 0) is 19.2 Å². The van der Waals surface area contributed by atoms with Gasteiger partial charge in [-0.25, -0.2) is 4.39 Å². The summed E-state index contributed by atoms with van der Waals surface area (Å²) in [4.78, 5) is 0. The summed E-state index contributed by atoms with van der Waals surface area (Å²) in [5.41, 5.74) is 1.54. The van der Waals surface area contributed by atoms with Crippen molar-refractivity contribution in [2.75, 3.05) is 0 Å². The Bertz CT molecular complexity index is 1030. The zero-order chi connectivity index (χ0) is 20.6. The molecule has 1 aliphatic rings. The van der Waals surface area contributed by atoms with Crippen molar-refractivity contribution in [2.24, 2.45) is 0 Å². The Labute approximate surface area is 167 Å². The van der Waals surface area contributed by atoms with E-state index in [9.17, 15) is 17.6 Å². The lowest BCUT2D eigenvalue weighted by molar-refractivity contribution is -0.137. The molecule has 0 heterocycles. The van der Waals surface area contributed by atoms with Crippen LogP contribution in [0, 0.1) is 5.82 Å². The van der Waals surface area contributed by atoms with E-state index in [1.165, 1.54) is 18.2 Å². The minimum absolute atomic E-state index is 0.0321. The molecule has 150 valence electrons. The Morgan fingerprint density at radius 1 is 1.00 bits per heavy atom. The molecule has 0 radical (unpaired) electrons. The second kappa shape index (κ2) is 7.54. The second-order valence-corrected chi connectivity index (χ2v) is 7.41. The van der Waals surface area contributed by atoms with E-state index in [0.29, 0.717) is 12.0 Å². The highest BCUT2D eigenvalue weighted by Gasteiger charge is 2.37. The van der Waals surface area contributed by atoms with Crippen molar-refractivity contribution in [1.29, 1.82) is 0 Å². The monoisotopic (exact) mass is 400 g/mol. The molecule has 1 unspecified atom stereocenters. The average Bonchev–Trinajstić information content (AvgIpc) is 3.07. The molecule has 0 aliphatic heterocycles. The SMILES string of the molecule is CC1CCc2c1ccc(C(F)(F)F)c2-c1ccc(OCc2ccccc2)cc1F. The van der Waals surface area contributed by atoms with E-state index in [0.717, 1.165) is 29.7 Å². The minimum Gasteiger partial charge on any atom is -0.489 e. The highest BCUT2D eigenvalue weighted by atomic mass is 19.4. The molecule has 0 aromatic heterocycles. The van der Waals surface area contributed by atoms with Crippen molar-refractivity contribution in [3.05, 3.63) is 88.7 Å². The Morgan fingerprint density at radius 2 is 1.76 bits per heavy atom. The van der Waals surface area contributed by atoms with Crippen LogP contribution in [-0.4, -0.2) is 0 Å². The van der Waals surface area contributed by atoms with Crippen LogP contribution in [0.25, 0.3) is 11.1 Å². The highest BCUT2D eigenvalue weighted by Crippen LogP contribution is 2.46. The number of benzene rings is 3. The van der Waals surface area contributed by atoms with E-state index in [2.05, 4.69) is 0 Å². The summed E-state index contributed by atoms with van der Waals surface area (Å²) in [5, 5.41) is 0. The third-order valence-corrected chi connectivity index (χ3v) is 5.47. The van der Waals surface area contributed by atoms with Gasteiger partial charge in [-0.1, -0.05) is 43.3 Å². The molecule has 29 heavy (non-hydrogen) atoms. The molecule has 0 fully saturated rings.